The average Bonchev–Trinajstić information content (AvgIpc) is 3.02. The fourth-order valence-corrected chi connectivity index (χ4v) is 5.93. The Bertz CT molecular complexity index is 1170. The van der Waals surface area contributed by atoms with E-state index in [2.05, 4.69) is 18.7 Å². The summed E-state index contributed by atoms with van der Waals surface area (Å²) in [5.41, 5.74) is 1.84. The number of nitrogens with zero attached hydrogens (tertiary/aromatic N) is 4. The summed E-state index contributed by atoms with van der Waals surface area (Å²) in [7, 11) is 1.63. The molecular formula is C24H30N4O3S2. The van der Waals surface area contributed by atoms with E-state index in [-0.39, 0.29) is 11.5 Å². The van der Waals surface area contributed by atoms with Gasteiger partial charge in [-0.3, -0.25) is 18.9 Å². The van der Waals surface area contributed by atoms with Crippen LogP contribution >= 0.6 is 24.0 Å². The van der Waals surface area contributed by atoms with E-state index in [1.54, 1.807) is 28.7 Å². The molecule has 2 saturated heterocycles. The summed E-state index contributed by atoms with van der Waals surface area (Å²) in [5, 5.41) is 0. The molecule has 176 valence electrons. The summed E-state index contributed by atoms with van der Waals surface area (Å²) in [4.78, 5) is 35.9. The van der Waals surface area contributed by atoms with Crippen molar-refractivity contribution in [2.24, 2.45) is 11.8 Å². The first-order valence-electron chi connectivity index (χ1n) is 11.3. The quantitative estimate of drug-likeness (QED) is 0.350. The maximum Gasteiger partial charge on any atom is 0.267 e. The molecule has 0 bridgehead atoms. The summed E-state index contributed by atoms with van der Waals surface area (Å²) in [6.07, 6.45) is 5.34. The van der Waals surface area contributed by atoms with Gasteiger partial charge in [-0.2, -0.15) is 0 Å². The van der Waals surface area contributed by atoms with Crippen LogP contribution in [-0.4, -0.2) is 57.9 Å². The van der Waals surface area contributed by atoms with Crippen molar-refractivity contribution in [3.05, 3.63) is 44.7 Å². The fraction of sp³-hybridized carbons (Fsp3) is 0.500. The van der Waals surface area contributed by atoms with E-state index in [4.69, 9.17) is 21.9 Å². The molecule has 4 heterocycles. The summed E-state index contributed by atoms with van der Waals surface area (Å²) in [5.74, 6) is 1.48. The molecule has 2 aliphatic heterocycles. The third-order valence-electron chi connectivity index (χ3n) is 6.03. The third-order valence-corrected chi connectivity index (χ3v) is 7.41. The number of fused-ring (bicyclic) bond motifs is 1. The number of rotatable bonds is 6. The highest BCUT2D eigenvalue weighted by atomic mass is 32.2. The first-order valence-corrected chi connectivity index (χ1v) is 12.5. The number of piperidine rings is 1. The van der Waals surface area contributed by atoms with E-state index in [0.717, 1.165) is 25.1 Å². The van der Waals surface area contributed by atoms with Gasteiger partial charge in [0.2, 0.25) is 0 Å². The van der Waals surface area contributed by atoms with Gasteiger partial charge >= 0.3 is 0 Å². The van der Waals surface area contributed by atoms with Crippen LogP contribution in [0.4, 0.5) is 5.82 Å². The number of thioether (sulfide) groups is 1. The van der Waals surface area contributed by atoms with Crippen molar-refractivity contribution in [3.63, 3.8) is 0 Å². The lowest BCUT2D eigenvalue weighted by Crippen LogP contribution is -2.40. The summed E-state index contributed by atoms with van der Waals surface area (Å²) in [6, 6.07) is 3.83. The minimum Gasteiger partial charge on any atom is -0.385 e. The van der Waals surface area contributed by atoms with Crippen LogP contribution < -0.4 is 10.5 Å². The molecule has 0 spiro atoms. The van der Waals surface area contributed by atoms with Gasteiger partial charge in [-0.05, 0) is 49.3 Å². The Labute approximate surface area is 203 Å². The number of amides is 1. The van der Waals surface area contributed by atoms with Crippen LogP contribution in [0.25, 0.3) is 11.7 Å². The van der Waals surface area contributed by atoms with Crippen LogP contribution in [0.3, 0.4) is 0 Å². The van der Waals surface area contributed by atoms with Gasteiger partial charge in [0, 0.05) is 39.5 Å². The number of hydrogen-bond donors (Lipinski definition) is 0. The predicted molar refractivity (Wildman–Crippen MR) is 138 cm³/mol. The zero-order valence-corrected chi connectivity index (χ0v) is 21.2. The number of aryl methyl sites for hydroxylation is 1. The third kappa shape index (κ3) is 5.00. The molecule has 0 N–H and O–H groups in total. The van der Waals surface area contributed by atoms with Gasteiger partial charge in [0.25, 0.3) is 11.5 Å². The number of carbonyl (C=O) groups excluding carboxylic acids is 1. The van der Waals surface area contributed by atoms with Crippen molar-refractivity contribution in [2.75, 3.05) is 38.3 Å². The lowest BCUT2D eigenvalue weighted by Gasteiger charge is -2.36. The van der Waals surface area contributed by atoms with E-state index < -0.39 is 0 Å². The second-order valence-electron chi connectivity index (χ2n) is 9.12. The van der Waals surface area contributed by atoms with Crippen molar-refractivity contribution in [2.45, 2.75) is 33.6 Å². The molecule has 2 aromatic rings. The molecule has 0 aromatic carbocycles. The number of hydrogen-bond acceptors (Lipinski definition) is 7. The molecule has 1 amide bonds. The lowest BCUT2D eigenvalue weighted by molar-refractivity contribution is -0.122. The molecular weight excluding hydrogens is 456 g/mol. The first-order chi connectivity index (χ1) is 15.8. The molecule has 2 fully saturated rings. The lowest BCUT2D eigenvalue weighted by atomic mass is 9.91. The van der Waals surface area contributed by atoms with Crippen molar-refractivity contribution >= 4 is 51.7 Å². The van der Waals surface area contributed by atoms with Crippen LogP contribution in [0, 0.1) is 18.8 Å². The second kappa shape index (κ2) is 9.95. The van der Waals surface area contributed by atoms with Crippen LogP contribution in [-0.2, 0) is 9.53 Å². The predicted octanol–water partition coefficient (Wildman–Crippen LogP) is 3.72. The molecule has 33 heavy (non-hydrogen) atoms. The Balaban J connectivity index is 1.80. The van der Waals surface area contributed by atoms with Gasteiger partial charge in [0.15, 0.2) is 0 Å². The summed E-state index contributed by atoms with van der Waals surface area (Å²) >= 11 is 6.70. The molecule has 0 saturated carbocycles. The zero-order valence-electron chi connectivity index (χ0n) is 19.5. The fourth-order valence-electron chi connectivity index (χ4n) is 4.64. The highest BCUT2D eigenvalue weighted by Crippen LogP contribution is 2.34. The van der Waals surface area contributed by atoms with Gasteiger partial charge in [-0.25, -0.2) is 4.98 Å². The number of methoxy groups -OCH3 is 1. The van der Waals surface area contributed by atoms with Crippen LogP contribution in [0.1, 0.15) is 37.8 Å². The van der Waals surface area contributed by atoms with E-state index in [9.17, 15) is 9.59 Å². The Morgan fingerprint density at radius 2 is 1.97 bits per heavy atom. The number of pyridine rings is 1. The van der Waals surface area contributed by atoms with Crippen molar-refractivity contribution in [1.29, 1.82) is 0 Å². The molecule has 0 aliphatic carbocycles. The van der Waals surface area contributed by atoms with E-state index >= 15 is 0 Å². The number of aromatic nitrogens is 2. The maximum atomic E-state index is 13.6. The molecule has 0 radical (unpaired) electrons. The summed E-state index contributed by atoms with van der Waals surface area (Å²) in [6.45, 7) is 9.11. The molecule has 2 atom stereocenters. The first kappa shape index (κ1) is 23.9. The molecule has 2 aliphatic rings. The van der Waals surface area contributed by atoms with E-state index in [0.29, 0.717) is 57.7 Å². The Morgan fingerprint density at radius 3 is 2.67 bits per heavy atom. The molecule has 2 aromatic heterocycles. The Kier molecular flexibility index (Phi) is 7.21. The number of thiocarbonyl (C=S) groups is 1. The largest absolute Gasteiger partial charge is 0.385 e. The molecule has 7 nitrogen and oxygen atoms in total. The van der Waals surface area contributed by atoms with E-state index in [1.807, 2.05) is 19.1 Å². The van der Waals surface area contributed by atoms with Gasteiger partial charge in [-0.15, -0.1) is 0 Å². The Hall–Kier alpha value is -2.23. The Morgan fingerprint density at radius 1 is 1.24 bits per heavy atom. The average molecular weight is 487 g/mol. The minimum absolute atomic E-state index is 0.166. The highest BCUT2D eigenvalue weighted by molar-refractivity contribution is 8.26. The SMILES string of the molecule is COCCCN1C(=O)/C(=C/c2c(N3CC(C)CC(C)C3)nc3ccc(C)cn3c2=O)SC1=S. The van der Waals surface area contributed by atoms with Crippen LogP contribution in [0.15, 0.2) is 28.0 Å². The second-order valence-corrected chi connectivity index (χ2v) is 10.8. The molecule has 4 rings (SSSR count). The maximum absolute atomic E-state index is 13.6. The number of anilines is 1. The van der Waals surface area contributed by atoms with Crippen molar-refractivity contribution in [3.8, 4) is 0 Å². The minimum atomic E-state index is -0.172. The molecule has 2 unspecified atom stereocenters. The highest BCUT2D eigenvalue weighted by Gasteiger charge is 2.33. The van der Waals surface area contributed by atoms with Crippen LogP contribution in [0.2, 0.25) is 0 Å². The normalized spacial score (nSPS) is 22.7. The van der Waals surface area contributed by atoms with Gasteiger partial charge in [0.05, 0.1) is 10.5 Å². The number of carbonyl (C=O) groups is 1. The van der Waals surface area contributed by atoms with Crippen LogP contribution in [0.5, 0.6) is 0 Å². The van der Waals surface area contributed by atoms with Gasteiger partial charge in [-0.1, -0.05) is 43.9 Å². The van der Waals surface area contributed by atoms with Gasteiger partial charge < -0.3 is 9.64 Å². The topological polar surface area (TPSA) is 67.2 Å². The smallest absolute Gasteiger partial charge is 0.267 e. The number of ether oxygens (including phenoxy) is 1. The zero-order chi connectivity index (χ0) is 23.7. The molecule has 9 heteroatoms. The van der Waals surface area contributed by atoms with Gasteiger partial charge in [0.1, 0.15) is 15.8 Å². The summed E-state index contributed by atoms with van der Waals surface area (Å²) < 4.78 is 7.18. The monoisotopic (exact) mass is 486 g/mol. The van der Waals surface area contributed by atoms with E-state index in [1.165, 1.54) is 11.8 Å². The van der Waals surface area contributed by atoms with Crippen molar-refractivity contribution < 1.29 is 9.53 Å². The standard InChI is InChI=1S/C24H30N4O3S2/c1-15-6-7-20-25-21(26-12-16(2)10-17(3)13-26)18(22(29)28(20)14-15)11-19-23(30)27(24(32)33-19)8-5-9-31-4/h6-7,11,14,16-17H,5,8-10,12-13H2,1-4H3/b19-11-. The van der Waals surface area contributed by atoms with Crippen molar-refractivity contribution in [1.82, 2.24) is 14.3 Å².